The molecule has 0 radical (unpaired) electrons. The predicted molar refractivity (Wildman–Crippen MR) is 56.1 cm³/mol. The second kappa shape index (κ2) is 5.23. The fraction of sp³-hybridized carbons (Fsp3) is 0.0833. The summed E-state index contributed by atoms with van der Waals surface area (Å²) in [5, 5.41) is 0. The summed E-state index contributed by atoms with van der Waals surface area (Å²) in [7, 11) is 0. The average Bonchev–Trinajstić information content (AvgIpc) is 2.30. The van der Waals surface area contributed by atoms with Crippen molar-refractivity contribution in [2.75, 3.05) is 0 Å². The first-order chi connectivity index (χ1) is 7.84. The first kappa shape index (κ1) is 10.6. The van der Waals surface area contributed by atoms with Gasteiger partial charge in [-0.25, -0.2) is 0 Å². The van der Waals surface area contributed by atoms with Gasteiger partial charge in [-0.2, -0.15) is 14.3 Å². The molecule has 0 unspecified atom stereocenters. The maximum atomic E-state index is 12.7. The van der Waals surface area contributed by atoms with Gasteiger partial charge in [-0.1, -0.05) is 36.4 Å². The highest BCUT2D eigenvalue weighted by atomic mass is 19.1. The normalized spacial score (nSPS) is 10.1. The molecule has 1 aromatic carbocycles. The molecule has 0 amide bonds. The van der Waals surface area contributed by atoms with Crippen molar-refractivity contribution in [2.45, 2.75) is 6.61 Å². The van der Waals surface area contributed by atoms with E-state index in [-0.39, 0.29) is 5.88 Å². The van der Waals surface area contributed by atoms with E-state index in [4.69, 9.17) is 9.78 Å². The molecule has 16 heavy (non-hydrogen) atoms. The van der Waals surface area contributed by atoms with Gasteiger partial charge in [0.1, 0.15) is 6.61 Å². The second-order valence-corrected chi connectivity index (χ2v) is 3.13. The highest BCUT2D eigenvalue weighted by Crippen LogP contribution is 2.08. The van der Waals surface area contributed by atoms with Gasteiger partial charge in [0.25, 0.3) is 5.88 Å². The third-order valence-electron chi connectivity index (χ3n) is 1.90. The Morgan fingerprint density at radius 1 is 1.00 bits per heavy atom. The Morgan fingerprint density at radius 2 is 1.81 bits per heavy atom. The monoisotopic (exact) mass is 219 g/mol. The number of hydrogen-bond acceptors (Lipinski definition) is 3. The Kier molecular flexibility index (Phi) is 3.46. The van der Waals surface area contributed by atoms with E-state index in [1.54, 1.807) is 0 Å². The third kappa shape index (κ3) is 3.03. The molecule has 0 saturated carbocycles. The van der Waals surface area contributed by atoms with Crippen LogP contribution in [0.15, 0.2) is 48.5 Å². The Bertz CT molecular complexity index is 448. The van der Waals surface area contributed by atoms with Crippen LogP contribution in [0.3, 0.4) is 0 Å². The van der Waals surface area contributed by atoms with Gasteiger partial charge in [-0.05, 0) is 11.6 Å². The minimum absolute atomic E-state index is 0.107. The van der Waals surface area contributed by atoms with Gasteiger partial charge in [-0.15, -0.1) is 0 Å². The lowest BCUT2D eigenvalue weighted by Crippen LogP contribution is -1.99. The molecule has 1 heterocycles. The van der Waals surface area contributed by atoms with E-state index in [1.807, 2.05) is 30.3 Å². The van der Waals surface area contributed by atoms with E-state index in [0.29, 0.717) is 6.61 Å². The van der Waals surface area contributed by atoms with E-state index in [2.05, 4.69) is 4.98 Å². The van der Waals surface area contributed by atoms with Crippen molar-refractivity contribution in [1.82, 2.24) is 4.98 Å². The van der Waals surface area contributed by atoms with Crippen molar-refractivity contribution in [2.24, 2.45) is 0 Å². The molecule has 0 spiro atoms. The van der Waals surface area contributed by atoms with Crippen molar-refractivity contribution >= 4 is 0 Å². The summed E-state index contributed by atoms with van der Waals surface area (Å²) >= 11 is 0. The number of benzene rings is 1. The van der Waals surface area contributed by atoms with Crippen molar-refractivity contribution < 1.29 is 14.2 Å². The molecule has 0 fully saturated rings. The Hall–Kier alpha value is -1.94. The number of nitrogens with zero attached hydrogens (tertiary/aromatic N) is 1. The first-order valence-electron chi connectivity index (χ1n) is 4.80. The molecular weight excluding hydrogens is 209 g/mol. The summed E-state index contributed by atoms with van der Waals surface area (Å²) in [6.45, 7) is 0.291. The van der Waals surface area contributed by atoms with Gasteiger partial charge < -0.3 is 4.89 Å². The van der Waals surface area contributed by atoms with E-state index in [0.717, 1.165) is 5.56 Å². The summed E-state index contributed by atoms with van der Waals surface area (Å²) in [5.41, 5.74) is 0.971. The topological polar surface area (TPSA) is 31.4 Å². The van der Waals surface area contributed by atoms with Gasteiger partial charge in [-0.3, -0.25) is 0 Å². The summed E-state index contributed by atoms with van der Waals surface area (Å²) in [6, 6.07) is 13.8. The predicted octanol–water partition coefficient (Wildman–Crippen LogP) is 2.73. The van der Waals surface area contributed by atoms with Gasteiger partial charge in [0, 0.05) is 6.07 Å². The molecule has 0 bridgehead atoms. The van der Waals surface area contributed by atoms with Gasteiger partial charge in [0.05, 0.1) is 0 Å². The van der Waals surface area contributed by atoms with Crippen LogP contribution < -0.4 is 4.89 Å². The molecule has 0 saturated heterocycles. The lowest BCUT2D eigenvalue weighted by molar-refractivity contribution is -0.220. The Morgan fingerprint density at radius 3 is 2.56 bits per heavy atom. The van der Waals surface area contributed by atoms with Crippen LogP contribution in [0, 0.1) is 5.95 Å². The van der Waals surface area contributed by atoms with Crippen molar-refractivity contribution in [3.8, 4) is 5.88 Å². The SMILES string of the molecule is Fc1cccc(OOCc2ccccc2)n1. The zero-order chi connectivity index (χ0) is 11.2. The summed E-state index contributed by atoms with van der Waals surface area (Å²) in [5.74, 6) is -0.489. The van der Waals surface area contributed by atoms with E-state index >= 15 is 0 Å². The van der Waals surface area contributed by atoms with Crippen molar-refractivity contribution in [1.29, 1.82) is 0 Å². The molecule has 82 valence electrons. The zero-order valence-corrected chi connectivity index (χ0v) is 8.47. The standard InChI is InChI=1S/C12H10FNO2/c13-11-7-4-8-12(14-11)16-15-9-10-5-2-1-3-6-10/h1-8H,9H2. The van der Waals surface area contributed by atoms with Gasteiger partial charge in [0.2, 0.25) is 5.95 Å². The molecule has 1 aromatic heterocycles. The maximum Gasteiger partial charge on any atom is 0.258 e. The minimum Gasteiger partial charge on any atom is -0.316 e. The second-order valence-electron chi connectivity index (χ2n) is 3.13. The lowest BCUT2D eigenvalue weighted by Gasteiger charge is -2.03. The fourth-order valence-electron chi connectivity index (χ4n) is 1.17. The van der Waals surface area contributed by atoms with Crippen LogP contribution in [0.2, 0.25) is 0 Å². The van der Waals surface area contributed by atoms with Crippen LogP contribution in [0.1, 0.15) is 5.56 Å². The van der Waals surface area contributed by atoms with Crippen molar-refractivity contribution in [3.63, 3.8) is 0 Å². The molecule has 0 aliphatic carbocycles. The molecule has 0 aliphatic rings. The Labute approximate surface area is 92.4 Å². The summed E-state index contributed by atoms with van der Waals surface area (Å²) < 4.78 is 12.7. The molecular formula is C12H10FNO2. The van der Waals surface area contributed by atoms with Gasteiger partial charge >= 0.3 is 0 Å². The first-order valence-corrected chi connectivity index (χ1v) is 4.80. The number of rotatable bonds is 4. The highest BCUT2D eigenvalue weighted by molar-refractivity contribution is 5.13. The number of pyridine rings is 1. The molecule has 0 N–H and O–H groups in total. The molecule has 0 atom stereocenters. The van der Waals surface area contributed by atoms with E-state index < -0.39 is 5.95 Å². The lowest BCUT2D eigenvalue weighted by atomic mass is 10.2. The van der Waals surface area contributed by atoms with Gasteiger partial charge in [0.15, 0.2) is 0 Å². The Balaban J connectivity index is 1.85. The average molecular weight is 219 g/mol. The number of halogens is 1. The third-order valence-corrected chi connectivity index (χ3v) is 1.90. The smallest absolute Gasteiger partial charge is 0.258 e. The van der Waals surface area contributed by atoms with E-state index in [1.165, 1.54) is 18.2 Å². The van der Waals surface area contributed by atoms with E-state index in [9.17, 15) is 4.39 Å². The molecule has 0 aliphatic heterocycles. The largest absolute Gasteiger partial charge is 0.316 e. The zero-order valence-electron chi connectivity index (χ0n) is 8.47. The molecule has 4 heteroatoms. The maximum absolute atomic E-state index is 12.7. The summed E-state index contributed by atoms with van der Waals surface area (Å²) in [6.07, 6.45) is 0. The van der Waals surface area contributed by atoms with Crippen LogP contribution in [0.4, 0.5) is 4.39 Å². The van der Waals surface area contributed by atoms with Crippen molar-refractivity contribution in [3.05, 3.63) is 60.0 Å². The van der Waals surface area contributed by atoms with Crippen LogP contribution in [0.5, 0.6) is 5.88 Å². The molecule has 2 rings (SSSR count). The minimum atomic E-state index is -0.596. The summed E-state index contributed by atoms with van der Waals surface area (Å²) in [4.78, 5) is 13.3. The van der Waals surface area contributed by atoms with Crippen LogP contribution in [0.25, 0.3) is 0 Å². The molecule has 3 nitrogen and oxygen atoms in total. The quantitative estimate of drug-likeness (QED) is 0.450. The number of hydrogen-bond donors (Lipinski definition) is 0. The van der Waals surface area contributed by atoms with Crippen LogP contribution >= 0.6 is 0 Å². The van der Waals surface area contributed by atoms with Crippen LogP contribution in [-0.2, 0) is 11.5 Å². The fourth-order valence-corrected chi connectivity index (χ4v) is 1.17. The highest BCUT2D eigenvalue weighted by Gasteiger charge is 1.98. The molecule has 2 aromatic rings. The number of aromatic nitrogens is 1. The van der Waals surface area contributed by atoms with Crippen LogP contribution in [-0.4, -0.2) is 4.98 Å².